The number of likely N-dealkylation sites (tertiary alicyclic amines) is 1. The van der Waals surface area contributed by atoms with Crippen molar-refractivity contribution in [3.63, 3.8) is 0 Å². The second kappa shape index (κ2) is 6.94. The summed E-state index contributed by atoms with van der Waals surface area (Å²) in [5.74, 6) is -0.165. The van der Waals surface area contributed by atoms with Crippen LogP contribution in [0.4, 0.5) is 0 Å². The van der Waals surface area contributed by atoms with Crippen molar-refractivity contribution in [3.05, 3.63) is 60.2 Å². The molecule has 0 radical (unpaired) electrons. The molecule has 120 valence electrons. The van der Waals surface area contributed by atoms with Crippen LogP contribution in [-0.2, 0) is 4.79 Å². The molecule has 1 amide bonds. The highest BCUT2D eigenvalue weighted by Gasteiger charge is 2.29. The molecule has 1 fully saturated rings. The van der Waals surface area contributed by atoms with Gasteiger partial charge in [0.25, 0.3) is 0 Å². The first kappa shape index (κ1) is 15.7. The normalized spacial score (nSPS) is 17.0. The lowest BCUT2D eigenvalue weighted by Gasteiger charge is -2.24. The number of nitrogens with two attached hydrogens (primary N) is 1. The first-order valence-electron chi connectivity index (χ1n) is 8.04. The molecule has 23 heavy (non-hydrogen) atoms. The zero-order valence-electron chi connectivity index (χ0n) is 13.1. The smallest absolute Gasteiger partial charge is 0.242 e. The van der Waals surface area contributed by atoms with Crippen molar-refractivity contribution in [1.29, 1.82) is 0 Å². The maximum Gasteiger partial charge on any atom is 0.242 e. The molecule has 0 spiro atoms. The molecule has 1 heterocycles. The Morgan fingerprint density at radius 1 is 0.957 bits per heavy atom. The summed E-state index contributed by atoms with van der Waals surface area (Å²) in [6.45, 7) is 1.48. The van der Waals surface area contributed by atoms with Gasteiger partial charge in [-0.1, -0.05) is 54.6 Å². The van der Waals surface area contributed by atoms with E-state index in [1.54, 1.807) is 4.90 Å². The van der Waals surface area contributed by atoms with E-state index >= 15 is 0 Å². The molecule has 3 N–H and O–H groups in total. The molecule has 3 rings (SSSR count). The predicted molar refractivity (Wildman–Crippen MR) is 90.6 cm³/mol. The first-order valence-corrected chi connectivity index (χ1v) is 8.04. The Bertz CT molecular complexity index is 649. The fourth-order valence-electron chi connectivity index (χ4n) is 2.99. The predicted octanol–water partition coefficient (Wildman–Crippen LogP) is 2.34. The van der Waals surface area contributed by atoms with E-state index in [2.05, 4.69) is 0 Å². The minimum Gasteiger partial charge on any atom is -0.386 e. The van der Waals surface area contributed by atoms with Crippen LogP contribution in [0.2, 0.25) is 0 Å². The van der Waals surface area contributed by atoms with Crippen molar-refractivity contribution in [3.8, 4) is 11.1 Å². The van der Waals surface area contributed by atoms with Gasteiger partial charge < -0.3 is 15.7 Å². The third-order valence-electron chi connectivity index (χ3n) is 4.40. The lowest BCUT2D eigenvalue weighted by molar-refractivity contribution is -0.134. The third-order valence-corrected chi connectivity index (χ3v) is 4.40. The van der Waals surface area contributed by atoms with Crippen molar-refractivity contribution in [2.24, 2.45) is 5.73 Å². The van der Waals surface area contributed by atoms with Gasteiger partial charge in [0.2, 0.25) is 5.91 Å². The third kappa shape index (κ3) is 3.44. The molecule has 2 aromatic rings. The van der Waals surface area contributed by atoms with Crippen LogP contribution in [0.5, 0.6) is 0 Å². The highest BCUT2D eigenvalue weighted by atomic mass is 16.3. The second-order valence-electron chi connectivity index (χ2n) is 5.99. The van der Waals surface area contributed by atoms with E-state index in [9.17, 15) is 9.90 Å². The number of nitrogens with zero attached hydrogens (tertiary/aromatic N) is 1. The van der Waals surface area contributed by atoms with Gasteiger partial charge in [0.15, 0.2) is 0 Å². The van der Waals surface area contributed by atoms with Crippen LogP contribution < -0.4 is 5.73 Å². The molecular weight excluding hydrogens is 288 g/mol. The number of amides is 1. The monoisotopic (exact) mass is 310 g/mol. The molecule has 0 saturated carbocycles. The number of benzene rings is 2. The Morgan fingerprint density at radius 3 is 2.13 bits per heavy atom. The lowest BCUT2D eigenvalue weighted by Crippen LogP contribution is -2.45. The molecule has 4 heteroatoms. The van der Waals surface area contributed by atoms with Gasteiger partial charge in [-0.2, -0.15) is 0 Å². The summed E-state index contributed by atoms with van der Waals surface area (Å²) in [4.78, 5) is 14.0. The lowest BCUT2D eigenvalue weighted by atomic mass is 9.98. The Labute approximate surface area is 136 Å². The van der Waals surface area contributed by atoms with Crippen LogP contribution in [0.1, 0.15) is 24.5 Å². The minimum atomic E-state index is -0.979. The average Bonchev–Trinajstić information content (AvgIpc) is 3.15. The van der Waals surface area contributed by atoms with E-state index in [4.69, 9.17) is 5.73 Å². The van der Waals surface area contributed by atoms with E-state index < -0.39 is 12.1 Å². The molecule has 0 bridgehead atoms. The molecule has 2 atom stereocenters. The molecule has 4 nitrogen and oxygen atoms in total. The summed E-state index contributed by atoms with van der Waals surface area (Å²) in [5.41, 5.74) is 8.84. The Hall–Kier alpha value is -2.17. The molecular formula is C19H22N2O2. The zero-order chi connectivity index (χ0) is 16.2. The number of hydrogen-bond acceptors (Lipinski definition) is 3. The van der Waals surface area contributed by atoms with Crippen LogP contribution in [-0.4, -0.2) is 35.0 Å². The van der Waals surface area contributed by atoms with Crippen molar-refractivity contribution < 1.29 is 9.90 Å². The van der Waals surface area contributed by atoms with E-state index in [0.29, 0.717) is 5.56 Å². The van der Waals surface area contributed by atoms with Gasteiger partial charge >= 0.3 is 0 Å². The van der Waals surface area contributed by atoms with Gasteiger partial charge in [0, 0.05) is 13.1 Å². The fourth-order valence-corrected chi connectivity index (χ4v) is 2.99. The van der Waals surface area contributed by atoms with Crippen LogP contribution >= 0.6 is 0 Å². The summed E-state index contributed by atoms with van der Waals surface area (Å²) in [7, 11) is 0. The number of carbonyl (C=O) groups excluding carboxylic acids is 1. The van der Waals surface area contributed by atoms with Crippen LogP contribution in [0, 0.1) is 0 Å². The summed E-state index contributed by atoms with van der Waals surface area (Å²) in [6.07, 6.45) is 1.05. The highest BCUT2D eigenvalue weighted by Crippen LogP contribution is 2.24. The summed E-state index contributed by atoms with van der Waals surface area (Å²) < 4.78 is 0. The van der Waals surface area contributed by atoms with Crippen molar-refractivity contribution in [2.75, 3.05) is 13.1 Å². The van der Waals surface area contributed by atoms with Gasteiger partial charge in [0.05, 0.1) is 0 Å². The average molecular weight is 310 g/mol. The van der Waals surface area contributed by atoms with Crippen molar-refractivity contribution >= 4 is 5.91 Å². The van der Waals surface area contributed by atoms with E-state index in [0.717, 1.165) is 37.1 Å². The van der Waals surface area contributed by atoms with Crippen molar-refractivity contribution in [2.45, 2.75) is 25.0 Å². The number of aliphatic hydroxyl groups excluding tert-OH is 1. The molecule has 1 aliphatic heterocycles. The standard InChI is InChI=1S/C19H22N2O2/c20-17(19(23)21-12-4-5-13-21)18(22)16-10-8-15(9-11-16)14-6-2-1-3-7-14/h1-3,6-11,17-18,22H,4-5,12-13,20H2/t17-,18+/m0/s1. The Balaban J connectivity index is 1.72. The number of hydrogen-bond donors (Lipinski definition) is 2. The molecule has 0 aromatic heterocycles. The quantitative estimate of drug-likeness (QED) is 0.911. The maximum atomic E-state index is 12.3. The molecule has 2 aromatic carbocycles. The van der Waals surface area contributed by atoms with Gasteiger partial charge in [-0.15, -0.1) is 0 Å². The second-order valence-corrected chi connectivity index (χ2v) is 5.99. The highest BCUT2D eigenvalue weighted by molar-refractivity contribution is 5.82. The largest absolute Gasteiger partial charge is 0.386 e. The zero-order valence-corrected chi connectivity index (χ0v) is 13.1. The molecule has 1 saturated heterocycles. The van der Waals surface area contributed by atoms with E-state index in [-0.39, 0.29) is 5.91 Å². The maximum absolute atomic E-state index is 12.3. The first-order chi connectivity index (χ1) is 11.2. The Morgan fingerprint density at radius 2 is 1.52 bits per heavy atom. The van der Waals surface area contributed by atoms with Crippen LogP contribution in [0.15, 0.2) is 54.6 Å². The molecule has 0 unspecified atom stereocenters. The number of carbonyl (C=O) groups is 1. The SMILES string of the molecule is N[C@H](C(=O)N1CCCC1)[C@H](O)c1ccc(-c2ccccc2)cc1. The van der Waals surface area contributed by atoms with Gasteiger partial charge in [-0.05, 0) is 29.5 Å². The molecule has 0 aliphatic carbocycles. The fraction of sp³-hybridized carbons (Fsp3) is 0.316. The van der Waals surface area contributed by atoms with Crippen LogP contribution in [0.3, 0.4) is 0 Å². The summed E-state index contributed by atoms with van der Waals surface area (Å²) >= 11 is 0. The molecule has 1 aliphatic rings. The van der Waals surface area contributed by atoms with Gasteiger partial charge in [0.1, 0.15) is 12.1 Å². The van der Waals surface area contributed by atoms with Crippen molar-refractivity contribution in [1.82, 2.24) is 4.90 Å². The van der Waals surface area contributed by atoms with Crippen LogP contribution in [0.25, 0.3) is 11.1 Å². The number of rotatable bonds is 4. The van der Waals surface area contributed by atoms with E-state index in [1.807, 2.05) is 54.6 Å². The summed E-state index contributed by atoms with van der Waals surface area (Å²) in [6, 6.07) is 16.7. The van der Waals surface area contributed by atoms with Gasteiger partial charge in [-0.3, -0.25) is 4.79 Å². The topological polar surface area (TPSA) is 66.6 Å². The van der Waals surface area contributed by atoms with Gasteiger partial charge in [-0.25, -0.2) is 0 Å². The Kier molecular flexibility index (Phi) is 4.74. The minimum absolute atomic E-state index is 0.165. The van der Waals surface area contributed by atoms with E-state index in [1.165, 1.54) is 0 Å². The summed E-state index contributed by atoms with van der Waals surface area (Å²) in [5, 5.41) is 10.4. The number of aliphatic hydroxyl groups is 1.